The summed E-state index contributed by atoms with van der Waals surface area (Å²) in [6.07, 6.45) is -0.0877. The van der Waals surface area contributed by atoms with E-state index in [1.807, 2.05) is 0 Å². The van der Waals surface area contributed by atoms with Gasteiger partial charge < -0.3 is 5.32 Å². The van der Waals surface area contributed by atoms with Gasteiger partial charge in [-0.25, -0.2) is 4.68 Å². The molecule has 3 rings (SSSR count). The third-order valence-electron chi connectivity index (χ3n) is 3.64. The van der Waals surface area contributed by atoms with Gasteiger partial charge >= 0.3 is 0 Å². The van der Waals surface area contributed by atoms with Crippen molar-refractivity contribution in [1.29, 1.82) is 0 Å². The monoisotopic (exact) mass is 330 g/mol. The number of nitrogens with one attached hydrogen (secondary N) is 2. The van der Waals surface area contributed by atoms with Crippen LogP contribution in [0.4, 0.5) is 17.3 Å². The first kappa shape index (κ1) is 15.6. The number of aromatic nitrogens is 3. The zero-order valence-corrected chi connectivity index (χ0v) is 12.9. The summed E-state index contributed by atoms with van der Waals surface area (Å²) in [5.74, 6) is -0.200. The highest BCUT2D eigenvalue weighted by molar-refractivity contribution is 6.00. The second-order valence-electron chi connectivity index (χ2n) is 5.44. The average molecular weight is 330 g/mol. The summed E-state index contributed by atoms with van der Waals surface area (Å²) in [6.45, 7) is 3.26. The number of hydrogen-bond acceptors (Lipinski definition) is 6. The lowest BCUT2D eigenvalue weighted by Gasteiger charge is -2.22. The first-order valence-electron chi connectivity index (χ1n) is 7.14. The van der Waals surface area contributed by atoms with E-state index in [4.69, 9.17) is 0 Å². The van der Waals surface area contributed by atoms with Crippen molar-refractivity contribution in [2.24, 2.45) is 0 Å². The number of nitrogens with zero attached hydrogens (tertiary/aromatic N) is 4. The molecule has 1 aliphatic heterocycles. The largest absolute Gasteiger partial charge is 0.324 e. The Morgan fingerprint density at radius 3 is 2.92 bits per heavy atom. The van der Waals surface area contributed by atoms with Crippen molar-refractivity contribution in [3.8, 4) is 0 Å². The molecule has 0 radical (unpaired) electrons. The van der Waals surface area contributed by atoms with Crippen molar-refractivity contribution in [3.05, 3.63) is 39.7 Å². The van der Waals surface area contributed by atoms with Gasteiger partial charge in [0, 0.05) is 17.3 Å². The van der Waals surface area contributed by atoms with E-state index in [0.29, 0.717) is 11.4 Å². The number of carbonyl (C=O) groups excluding carboxylic acids is 2. The maximum Gasteiger partial charge on any atom is 0.274 e. The molecule has 0 saturated heterocycles. The quantitative estimate of drug-likeness (QED) is 0.644. The molecule has 0 aliphatic carbocycles. The fourth-order valence-corrected chi connectivity index (χ4v) is 2.48. The minimum absolute atomic E-state index is 0.0877. The molecule has 0 saturated carbocycles. The molecular weight excluding hydrogens is 316 g/mol. The molecule has 2 aromatic rings. The topological polar surface area (TPSA) is 132 Å². The molecule has 2 heterocycles. The smallest absolute Gasteiger partial charge is 0.274 e. The standard InChI is InChI=1S/C14H14N6O4/c1-7-3-4-9(5-10(7)20(23)24)16-13(22)11-6-12(21)17-14-15-8(2)18-19(11)14/h3-5,11H,6H2,1-2H3,(H,16,22)(H,15,17,18,21)/t11-/m0/s1. The van der Waals surface area contributed by atoms with E-state index in [1.54, 1.807) is 26.0 Å². The highest BCUT2D eigenvalue weighted by Gasteiger charge is 2.32. The van der Waals surface area contributed by atoms with Gasteiger partial charge in [-0.3, -0.25) is 25.0 Å². The lowest BCUT2D eigenvalue weighted by atomic mass is 10.1. The average Bonchev–Trinajstić information content (AvgIpc) is 2.87. The van der Waals surface area contributed by atoms with E-state index in [9.17, 15) is 19.7 Å². The zero-order valence-electron chi connectivity index (χ0n) is 12.9. The third-order valence-corrected chi connectivity index (χ3v) is 3.64. The number of amides is 2. The maximum absolute atomic E-state index is 12.5. The van der Waals surface area contributed by atoms with Crippen LogP contribution in [-0.2, 0) is 9.59 Å². The Hall–Kier alpha value is -3.30. The van der Waals surface area contributed by atoms with Crippen LogP contribution in [0.3, 0.4) is 0 Å². The first-order valence-corrected chi connectivity index (χ1v) is 7.14. The van der Waals surface area contributed by atoms with Crippen LogP contribution in [0, 0.1) is 24.0 Å². The van der Waals surface area contributed by atoms with Gasteiger partial charge in [0.15, 0.2) is 0 Å². The van der Waals surface area contributed by atoms with Gasteiger partial charge in [0.25, 0.3) is 5.69 Å². The summed E-state index contributed by atoms with van der Waals surface area (Å²) >= 11 is 0. The van der Waals surface area contributed by atoms with Crippen LogP contribution in [0.2, 0.25) is 0 Å². The molecular formula is C14H14N6O4. The number of hydrogen-bond donors (Lipinski definition) is 2. The van der Waals surface area contributed by atoms with Gasteiger partial charge in [-0.1, -0.05) is 6.07 Å². The molecule has 0 unspecified atom stereocenters. The van der Waals surface area contributed by atoms with Crippen molar-refractivity contribution in [2.75, 3.05) is 10.6 Å². The molecule has 0 spiro atoms. The Morgan fingerprint density at radius 1 is 1.46 bits per heavy atom. The molecule has 24 heavy (non-hydrogen) atoms. The highest BCUT2D eigenvalue weighted by Crippen LogP contribution is 2.26. The molecule has 1 aliphatic rings. The SMILES string of the molecule is Cc1nc2n(n1)[C@H](C(=O)Nc1ccc(C)c([N+](=O)[O-])c1)CC(=O)N2. The van der Waals surface area contributed by atoms with E-state index in [0.717, 1.165) is 0 Å². The van der Waals surface area contributed by atoms with Gasteiger partial charge in [0.1, 0.15) is 11.9 Å². The number of fused-ring (bicyclic) bond motifs is 1. The Bertz CT molecular complexity index is 859. The Morgan fingerprint density at radius 2 is 2.21 bits per heavy atom. The Kier molecular flexibility index (Phi) is 3.72. The number of nitro groups is 1. The van der Waals surface area contributed by atoms with Crippen molar-refractivity contribution >= 4 is 29.1 Å². The summed E-state index contributed by atoms with van der Waals surface area (Å²) in [4.78, 5) is 38.7. The van der Waals surface area contributed by atoms with Crippen molar-refractivity contribution < 1.29 is 14.5 Å². The summed E-state index contributed by atoms with van der Waals surface area (Å²) in [6, 6.07) is 3.53. The van der Waals surface area contributed by atoms with Crippen molar-refractivity contribution in [3.63, 3.8) is 0 Å². The predicted molar refractivity (Wildman–Crippen MR) is 83.5 cm³/mol. The molecule has 10 nitrogen and oxygen atoms in total. The molecule has 2 amide bonds. The van der Waals surface area contributed by atoms with E-state index >= 15 is 0 Å². The van der Waals surface area contributed by atoms with E-state index in [1.165, 1.54) is 10.7 Å². The minimum Gasteiger partial charge on any atom is -0.324 e. The molecule has 1 atom stereocenters. The molecule has 2 N–H and O–H groups in total. The fraction of sp³-hybridized carbons (Fsp3) is 0.286. The molecule has 124 valence electrons. The van der Waals surface area contributed by atoms with Crippen LogP contribution in [0.15, 0.2) is 18.2 Å². The lowest BCUT2D eigenvalue weighted by molar-refractivity contribution is -0.385. The fourth-order valence-electron chi connectivity index (χ4n) is 2.48. The number of benzene rings is 1. The maximum atomic E-state index is 12.5. The summed E-state index contributed by atoms with van der Waals surface area (Å²) in [5, 5.41) is 20.2. The zero-order chi connectivity index (χ0) is 17.4. The van der Waals surface area contributed by atoms with Crippen molar-refractivity contribution in [2.45, 2.75) is 26.3 Å². The van der Waals surface area contributed by atoms with E-state index in [-0.39, 0.29) is 29.7 Å². The van der Waals surface area contributed by atoms with Crippen LogP contribution < -0.4 is 10.6 Å². The normalized spacial score (nSPS) is 16.2. The minimum atomic E-state index is -0.865. The molecule has 1 aromatic heterocycles. The van der Waals surface area contributed by atoms with E-state index < -0.39 is 16.9 Å². The van der Waals surface area contributed by atoms with Crippen LogP contribution >= 0.6 is 0 Å². The van der Waals surface area contributed by atoms with Crippen LogP contribution in [0.25, 0.3) is 0 Å². The molecule has 10 heteroatoms. The van der Waals surface area contributed by atoms with Gasteiger partial charge in [-0.2, -0.15) is 10.1 Å². The number of anilines is 2. The van der Waals surface area contributed by atoms with Gasteiger partial charge in [-0.15, -0.1) is 0 Å². The molecule has 1 aromatic carbocycles. The van der Waals surface area contributed by atoms with Crippen LogP contribution in [0.1, 0.15) is 23.9 Å². The van der Waals surface area contributed by atoms with Crippen molar-refractivity contribution in [1.82, 2.24) is 14.8 Å². The van der Waals surface area contributed by atoms with Crippen LogP contribution in [-0.4, -0.2) is 31.5 Å². The first-order chi connectivity index (χ1) is 11.3. The molecule has 0 bridgehead atoms. The van der Waals surface area contributed by atoms with Gasteiger partial charge in [-0.05, 0) is 19.9 Å². The Labute approximate surface area is 136 Å². The highest BCUT2D eigenvalue weighted by atomic mass is 16.6. The summed E-state index contributed by atoms with van der Waals surface area (Å²) < 4.78 is 1.34. The van der Waals surface area contributed by atoms with Crippen LogP contribution in [0.5, 0.6) is 0 Å². The Balaban J connectivity index is 1.87. The summed E-state index contributed by atoms with van der Waals surface area (Å²) in [5.41, 5.74) is 0.678. The number of carbonyl (C=O) groups is 2. The number of nitro benzene ring substituents is 1. The number of aryl methyl sites for hydroxylation is 2. The van der Waals surface area contributed by atoms with Gasteiger partial charge in [0.2, 0.25) is 17.8 Å². The second kappa shape index (κ2) is 5.72. The molecule has 0 fully saturated rings. The number of rotatable bonds is 3. The van der Waals surface area contributed by atoms with E-state index in [2.05, 4.69) is 20.7 Å². The predicted octanol–water partition coefficient (Wildman–Crippen LogP) is 1.33. The lowest BCUT2D eigenvalue weighted by Crippen LogP contribution is -2.36. The van der Waals surface area contributed by atoms with Gasteiger partial charge in [0.05, 0.1) is 11.3 Å². The second-order valence-corrected chi connectivity index (χ2v) is 5.44. The third kappa shape index (κ3) is 2.81. The summed E-state index contributed by atoms with van der Waals surface area (Å²) in [7, 11) is 0.